The number of thiazole rings is 1. The third kappa shape index (κ3) is 1.60. The molecule has 0 fully saturated rings. The van der Waals surface area contributed by atoms with Crippen LogP contribution in [0.2, 0.25) is 0 Å². The zero-order valence-electron chi connectivity index (χ0n) is 7.04. The summed E-state index contributed by atoms with van der Waals surface area (Å²) in [5.74, 6) is -0.474. The normalized spacial score (nSPS) is 10.0. The van der Waals surface area contributed by atoms with E-state index in [1.165, 1.54) is 17.5 Å². The zero-order valence-corrected chi connectivity index (χ0v) is 7.86. The van der Waals surface area contributed by atoms with Crippen molar-refractivity contribution < 1.29 is 4.79 Å². The third-order valence-electron chi connectivity index (χ3n) is 1.54. The molecule has 0 unspecified atom stereocenters. The van der Waals surface area contributed by atoms with E-state index in [9.17, 15) is 4.79 Å². The molecule has 0 atom stereocenters. The summed E-state index contributed by atoms with van der Waals surface area (Å²) in [5, 5.41) is 8.23. The molecule has 6 heteroatoms. The standard InChI is InChI=1S/C8H6N4OS/c9-7(13)6-4-10-8(14-6)5-2-1-3-11-12-5/h1-4H,(H2,9,13). The van der Waals surface area contributed by atoms with Crippen molar-refractivity contribution in [1.29, 1.82) is 0 Å². The Hall–Kier alpha value is -1.82. The molecule has 0 saturated heterocycles. The Bertz CT molecular complexity index is 453. The first kappa shape index (κ1) is 8.76. The smallest absolute Gasteiger partial charge is 0.260 e. The fraction of sp³-hybridized carbons (Fsp3) is 0. The molecule has 2 aromatic heterocycles. The summed E-state index contributed by atoms with van der Waals surface area (Å²) in [5.41, 5.74) is 5.74. The molecule has 0 spiro atoms. The van der Waals surface area contributed by atoms with Gasteiger partial charge in [0.25, 0.3) is 5.91 Å². The van der Waals surface area contributed by atoms with E-state index in [4.69, 9.17) is 5.73 Å². The molecule has 2 heterocycles. The molecule has 14 heavy (non-hydrogen) atoms. The second-order valence-electron chi connectivity index (χ2n) is 2.50. The molecular formula is C8H6N4OS. The van der Waals surface area contributed by atoms with Crippen molar-refractivity contribution in [2.75, 3.05) is 0 Å². The van der Waals surface area contributed by atoms with Gasteiger partial charge in [-0.25, -0.2) is 4.98 Å². The van der Waals surface area contributed by atoms with E-state index in [1.807, 2.05) is 0 Å². The molecule has 0 aliphatic heterocycles. The number of aromatic nitrogens is 3. The Balaban J connectivity index is 2.39. The Kier molecular flexibility index (Phi) is 2.19. The Morgan fingerprint density at radius 2 is 2.36 bits per heavy atom. The minimum absolute atomic E-state index is 0.422. The fourth-order valence-electron chi connectivity index (χ4n) is 0.922. The minimum atomic E-state index is -0.474. The number of carbonyl (C=O) groups is 1. The monoisotopic (exact) mass is 206 g/mol. The van der Waals surface area contributed by atoms with Gasteiger partial charge < -0.3 is 5.73 Å². The first-order valence-corrected chi connectivity index (χ1v) is 4.63. The number of nitrogens with zero attached hydrogens (tertiary/aromatic N) is 3. The summed E-state index contributed by atoms with van der Waals surface area (Å²) in [6, 6.07) is 3.53. The van der Waals surface area contributed by atoms with E-state index in [0.29, 0.717) is 15.6 Å². The van der Waals surface area contributed by atoms with Crippen molar-refractivity contribution in [3.63, 3.8) is 0 Å². The molecule has 5 nitrogen and oxygen atoms in total. The van der Waals surface area contributed by atoms with Gasteiger partial charge in [-0.15, -0.1) is 16.4 Å². The van der Waals surface area contributed by atoms with Crippen LogP contribution >= 0.6 is 11.3 Å². The number of hydrogen-bond acceptors (Lipinski definition) is 5. The van der Waals surface area contributed by atoms with Crippen LogP contribution in [0.25, 0.3) is 10.7 Å². The fourth-order valence-corrected chi connectivity index (χ4v) is 1.66. The highest BCUT2D eigenvalue weighted by Gasteiger charge is 2.08. The van der Waals surface area contributed by atoms with Crippen molar-refractivity contribution in [2.24, 2.45) is 5.73 Å². The van der Waals surface area contributed by atoms with Gasteiger partial charge in [-0.05, 0) is 12.1 Å². The van der Waals surface area contributed by atoms with Gasteiger partial charge in [-0.2, -0.15) is 5.10 Å². The summed E-state index contributed by atoms with van der Waals surface area (Å²) >= 11 is 1.21. The van der Waals surface area contributed by atoms with E-state index in [2.05, 4.69) is 15.2 Å². The molecule has 0 aromatic carbocycles. The Morgan fingerprint density at radius 3 is 2.93 bits per heavy atom. The van der Waals surface area contributed by atoms with E-state index >= 15 is 0 Å². The van der Waals surface area contributed by atoms with Crippen LogP contribution in [0.15, 0.2) is 24.5 Å². The highest BCUT2D eigenvalue weighted by atomic mass is 32.1. The van der Waals surface area contributed by atoms with Crippen molar-refractivity contribution in [2.45, 2.75) is 0 Å². The van der Waals surface area contributed by atoms with Crippen LogP contribution in [0.5, 0.6) is 0 Å². The van der Waals surface area contributed by atoms with Crippen LogP contribution in [0.3, 0.4) is 0 Å². The van der Waals surface area contributed by atoms with Crippen molar-refractivity contribution in [1.82, 2.24) is 15.2 Å². The number of rotatable bonds is 2. The van der Waals surface area contributed by atoms with Crippen LogP contribution < -0.4 is 5.73 Å². The first-order chi connectivity index (χ1) is 6.77. The molecule has 70 valence electrons. The predicted octanol–water partition coefficient (Wildman–Crippen LogP) is 0.699. The lowest BCUT2D eigenvalue weighted by Crippen LogP contribution is -2.08. The number of primary amides is 1. The molecule has 2 N–H and O–H groups in total. The van der Waals surface area contributed by atoms with E-state index in [-0.39, 0.29) is 0 Å². The lowest BCUT2D eigenvalue weighted by Gasteiger charge is -1.90. The summed E-state index contributed by atoms with van der Waals surface area (Å²) in [7, 11) is 0. The summed E-state index contributed by atoms with van der Waals surface area (Å²) in [6.45, 7) is 0. The quantitative estimate of drug-likeness (QED) is 0.784. The van der Waals surface area contributed by atoms with Gasteiger partial charge in [0.05, 0.1) is 6.20 Å². The number of hydrogen-bond donors (Lipinski definition) is 1. The van der Waals surface area contributed by atoms with Crippen LogP contribution in [-0.2, 0) is 0 Å². The van der Waals surface area contributed by atoms with Gasteiger partial charge in [0, 0.05) is 6.20 Å². The molecule has 2 aromatic rings. The molecule has 2 rings (SSSR count). The van der Waals surface area contributed by atoms with Crippen molar-refractivity contribution in [3.05, 3.63) is 29.4 Å². The average molecular weight is 206 g/mol. The van der Waals surface area contributed by atoms with Crippen molar-refractivity contribution in [3.8, 4) is 10.7 Å². The molecule has 0 saturated carbocycles. The summed E-state index contributed by atoms with van der Waals surface area (Å²) in [4.78, 5) is 15.2. The van der Waals surface area contributed by atoms with Crippen LogP contribution in [0, 0.1) is 0 Å². The Labute approximate surface area is 83.6 Å². The van der Waals surface area contributed by atoms with Crippen LogP contribution in [0.1, 0.15) is 9.67 Å². The molecule has 0 radical (unpaired) electrons. The predicted molar refractivity (Wildman–Crippen MR) is 51.7 cm³/mol. The van der Waals surface area contributed by atoms with Gasteiger partial charge >= 0.3 is 0 Å². The van der Waals surface area contributed by atoms with Gasteiger partial charge in [0.2, 0.25) is 0 Å². The van der Waals surface area contributed by atoms with Gasteiger partial charge in [-0.3, -0.25) is 4.79 Å². The second kappa shape index (κ2) is 3.51. The average Bonchev–Trinajstić information content (AvgIpc) is 2.68. The third-order valence-corrected chi connectivity index (χ3v) is 2.57. The number of carbonyl (C=O) groups excluding carboxylic acids is 1. The topological polar surface area (TPSA) is 81.8 Å². The maximum absolute atomic E-state index is 10.8. The minimum Gasteiger partial charge on any atom is -0.365 e. The van der Waals surface area contributed by atoms with E-state index in [1.54, 1.807) is 18.3 Å². The van der Waals surface area contributed by atoms with E-state index < -0.39 is 5.91 Å². The lowest BCUT2D eigenvalue weighted by molar-refractivity contribution is 0.100. The second-order valence-corrected chi connectivity index (χ2v) is 3.53. The highest BCUT2D eigenvalue weighted by molar-refractivity contribution is 7.16. The van der Waals surface area contributed by atoms with Crippen LogP contribution in [-0.4, -0.2) is 21.1 Å². The summed E-state index contributed by atoms with van der Waals surface area (Å²) in [6.07, 6.45) is 3.02. The van der Waals surface area contributed by atoms with E-state index in [0.717, 1.165) is 0 Å². The largest absolute Gasteiger partial charge is 0.365 e. The van der Waals surface area contributed by atoms with Gasteiger partial charge in [0.15, 0.2) is 0 Å². The number of nitrogens with two attached hydrogens (primary N) is 1. The highest BCUT2D eigenvalue weighted by Crippen LogP contribution is 2.21. The number of amides is 1. The molecule has 0 aliphatic rings. The van der Waals surface area contributed by atoms with Gasteiger partial charge in [-0.1, -0.05) is 0 Å². The Morgan fingerprint density at radius 1 is 1.50 bits per heavy atom. The zero-order chi connectivity index (χ0) is 9.97. The molecule has 0 aliphatic carbocycles. The molecule has 1 amide bonds. The van der Waals surface area contributed by atoms with Crippen molar-refractivity contribution >= 4 is 17.2 Å². The summed E-state index contributed by atoms with van der Waals surface area (Å²) < 4.78 is 0. The van der Waals surface area contributed by atoms with Gasteiger partial charge in [0.1, 0.15) is 15.6 Å². The lowest BCUT2D eigenvalue weighted by atomic mass is 10.4. The maximum Gasteiger partial charge on any atom is 0.260 e. The first-order valence-electron chi connectivity index (χ1n) is 3.81. The molecular weight excluding hydrogens is 200 g/mol. The SMILES string of the molecule is NC(=O)c1cnc(-c2cccnn2)s1. The molecule has 0 bridgehead atoms. The van der Waals surface area contributed by atoms with Crippen LogP contribution in [0.4, 0.5) is 0 Å². The maximum atomic E-state index is 10.8.